The van der Waals surface area contributed by atoms with Gasteiger partial charge in [0.15, 0.2) is 17.3 Å². The van der Waals surface area contributed by atoms with Crippen LogP contribution >= 0.6 is 11.6 Å². The molecule has 0 fully saturated rings. The molecule has 0 unspecified atom stereocenters. The van der Waals surface area contributed by atoms with Crippen LogP contribution < -0.4 is 15.5 Å². The number of rotatable bonds is 5. The van der Waals surface area contributed by atoms with Crippen LogP contribution in [0.4, 0.5) is 19.0 Å². The first-order chi connectivity index (χ1) is 17.9. The predicted octanol–water partition coefficient (Wildman–Crippen LogP) is 4.32. The minimum atomic E-state index is -1.33. The second kappa shape index (κ2) is 10.6. The maximum Gasteiger partial charge on any atom is 0.272 e. The van der Waals surface area contributed by atoms with E-state index in [0.717, 1.165) is 6.07 Å². The smallest absolute Gasteiger partial charge is 0.272 e. The largest absolute Gasteiger partial charge is 0.357 e. The van der Waals surface area contributed by atoms with Crippen LogP contribution in [0, 0.1) is 22.9 Å². The van der Waals surface area contributed by atoms with Gasteiger partial charge in [-0.3, -0.25) is 9.59 Å². The molecule has 0 spiro atoms. The van der Waals surface area contributed by atoms with Crippen molar-refractivity contribution in [2.24, 2.45) is 5.41 Å². The number of likely N-dealkylation sites (N-methyl/N-ethyl adjacent to an activating group) is 1. The number of fused-ring (bicyclic) bond motifs is 1. The summed E-state index contributed by atoms with van der Waals surface area (Å²) in [5, 5.41) is 5.59. The van der Waals surface area contributed by atoms with Crippen molar-refractivity contribution in [3.05, 3.63) is 64.3 Å². The molecule has 0 bridgehead atoms. The third-order valence-corrected chi connectivity index (χ3v) is 6.57. The summed E-state index contributed by atoms with van der Waals surface area (Å²) in [5.74, 6) is -4.09. The average Bonchev–Trinajstić information content (AvgIpc) is 3.05. The quantitative estimate of drug-likeness (QED) is 0.366. The fourth-order valence-electron chi connectivity index (χ4n) is 4.44. The molecule has 0 aliphatic carbocycles. The van der Waals surface area contributed by atoms with Gasteiger partial charge in [0, 0.05) is 26.2 Å². The van der Waals surface area contributed by atoms with Crippen molar-refractivity contribution in [2.75, 3.05) is 18.5 Å². The standard InChI is InChI=1S/C26H28ClF3N6O2/c1-26(2,3)22(25(38)31-4)34-24(37)21-18-13-35(20-8-5-7-19(27)32-20)9-6-10-36(18)23(33-21)14-11-16(29)17(30)12-15(14)28/h5,7-8,11-12,22H,6,9-10,13H2,1-4H3,(H,31,38)(H,34,37)/t22-/m1/s1. The van der Waals surface area contributed by atoms with Crippen LogP contribution in [-0.2, 0) is 17.9 Å². The monoisotopic (exact) mass is 548 g/mol. The van der Waals surface area contributed by atoms with Gasteiger partial charge < -0.3 is 20.1 Å². The van der Waals surface area contributed by atoms with Crippen molar-refractivity contribution in [3.8, 4) is 11.4 Å². The van der Waals surface area contributed by atoms with Gasteiger partial charge in [-0.2, -0.15) is 0 Å². The van der Waals surface area contributed by atoms with Gasteiger partial charge in [-0.15, -0.1) is 0 Å². The molecule has 0 saturated heterocycles. The van der Waals surface area contributed by atoms with Crippen LogP contribution in [0.2, 0.25) is 5.15 Å². The number of amides is 2. The van der Waals surface area contributed by atoms with Gasteiger partial charge in [0.1, 0.15) is 28.7 Å². The number of nitrogens with one attached hydrogen (secondary N) is 2. The Balaban J connectivity index is 1.84. The van der Waals surface area contributed by atoms with Crippen LogP contribution in [0.5, 0.6) is 0 Å². The van der Waals surface area contributed by atoms with Crippen LogP contribution in [-0.4, -0.2) is 46.0 Å². The van der Waals surface area contributed by atoms with E-state index in [0.29, 0.717) is 42.2 Å². The Labute approximate surface area is 223 Å². The van der Waals surface area contributed by atoms with Crippen LogP contribution in [0.15, 0.2) is 30.3 Å². The lowest BCUT2D eigenvalue weighted by atomic mass is 9.86. The van der Waals surface area contributed by atoms with Crippen LogP contribution in [0.1, 0.15) is 43.4 Å². The molecule has 0 saturated carbocycles. The molecular weight excluding hydrogens is 521 g/mol. The van der Waals surface area contributed by atoms with Crippen molar-refractivity contribution in [1.29, 1.82) is 0 Å². The SMILES string of the molecule is CNC(=O)[C@@H](NC(=O)c1nc(-c2cc(F)c(F)cc2F)n2c1CN(c1cccc(Cl)n1)CCC2)C(C)(C)C. The zero-order valence-electron chi connectivity index (χ0n) is 21.4. The zero-order chi connectivity index (χ0) is 27.8. The summed E-state index contributed by atoms with van der Waals surface area (Å²) in [6.07, 6.45) is 0.555. The van der Waals surface area contributed by atoms with E-state index in [-0.39, 0.29) is 23.6 Å². The lowest BCUT2D eigenvalue weighted by molar-refractivity contribution is -0.124. The lowest BCUT2D eigenvalue weighted by Crippen LogP contribution is -2.53. The van der Waals surface area contributed by atoms with E-state index in [1.165, 1.54) is 7.05 Å². The molecule has 1 aliphatic heterocycles. The third-order valence-electron chi connectivity index (χ3n) is 6.36. The number of anilines is 1. The number of halogens is 4. The van der Waals surface area contributed by atoms with Gasteiger partial charge in [-0.25, -0.2) is 23.1 Å². The molecule has 2 N–H and O–H groups in total. The normalized spacial score (nSPS) is 14.5. The van der Waals surface area contributed by atoms with E-state index >= 15 is 0 Å². The molecule has 3 aromatic rings. The second-order valence-corrected chi connectivity index (χ2v) is 10.5. The molecule has 3 heterocycles. The fraction of sp³-hybridized carbons (Fsp3) is 0.385. The highest BCUT2D eigenvalue weighted by atomic mass is 35.5. The Morgan fingerprint density at radius 3 is 2.42 bits per heavy atom. The Kier molecular flexibility index (Phi) is 7.68. The van der Waals surface area contributed by atoms with Gasteiger partial charge in [0.05, 0.1) is 17.8 Å². The molecule has 0 radical (unpaired) electrons. The second-order valence-electron chi connectivity index (χ2n) is 10.1. The molecule has 1 aromatic carbocycles. The molecule has 12 heteroatoms. The number of imidazole rings is 1. The number of carbonyl (C=O) groups excluding carboxylic acids is 2. The Bertz CT molecular complexity index is 1390. The maximum absolute atomic E-state index is 14.9. The van der Waals surface area contributed by atoms with Crippen molar-refractivity contribution in [1.82, 2.24) is 25.2 Å². The molecule has 1 aliphatic rings. The lowest BCUT2D eigenvalue weighted by Gasteiger charge is -2.29. The highest BCUT2D eigenvalue weighted by Crippen LogP contribution is 2.31. The van der Waals surface area contributed by atoms with Gasteiger partial charge >= 0.3 is 0 Å². The minimum absolute atomic E-state index is 0.0188. The Morgan fingerprint density at radius 2 is 1.76 bits per heavy atom. The molecule has 8 nitrogen and oxygen atoms in total. The Morgan fingerprint density at radius 1 is 1.05 bits per heavy atom. The molecule has 4 rings (SSSR count). The third kappa shape index (κ3) is 5.47. The van der Waals surface area contributed by atoms with Crippen molar-refractivity contribution >= 4 is 29.2 Å². The number of aromatic nitrogens is 3. The van der Waals surface area contributed by atoms with E-state index in [9.17, 15) is 22.8 Å². The maximum atomic E-state index is 14.9. The van der Waals surface area contributed by atoms with Crippen LogP contribution in [0.25, 0.3) is 11.4 Å². The van der Waals surface area contributed by atoms with Crippen molar-refractivity contribution in [3.63, 3.8) is 0 Å². The molecule has 1 atom stereocenters. The number of hydrogen-bond donors (Lipinski definition) is 2. The number of hydrogen-bond acceptors (Lipinski definition) is 5. The highest BCUT2D eigenvalue weighted by molar-refractivity contribution is 6.29. The number of nitrogens with zero attached hydrogens (tertiary/aromatic N) is 4. The number of pyridine rings is 1. The van der Waals surface area contributed by atoms with Gasteiger partial charge in [0.2, 0.25) is 5.91 Å². The fourth-order valence-corrected chi connectivity index (χ4v) is 4.60. The molecular formula is C26H28ClF3N6O2. The Hall–Kier alpha value is -3.60. The van der Waals surface area contributed by atoms with E-state index in [4.69, 9.17) is 11.6 Å². The zero-order valence-corrected chi connectivity index (χ0v) is 22.2. The first-order valence-electron chi connectivity index (χ1n) is 12.0. The van der Waals surface area contributed by atoms with Gasteiger partial charge in [-0.05, 0) is 30.0 Å². The van der Waals surface area contributed by atoms with Gasteiger partial charge in [-0.1, -0.05) is 38.4 Å². The molecule has 2 amide bonds. The predicted molar refractivity (Wildman–Crippen MR) is 137 cm³/mol. The van der Waals surface area contributed by atoms with Crippen molar-refractivity contribution in [2.45, 2.75) is 46.3 Å². The van der Waals surface area contributed by atoms with Gasteiger partial charge in [0.25, 0.3) is 5.91 Å². The highest BCUT2D eigenvalue weighted by Gasteiger charge is 2.35. The van der Waals surface area contributed by atoms with E-state index in [2.05, 4.69) is 20.6 Å². The summed E-state index contributed by atoms with van der Waals surface area (Å²) in [6.45, 7) is 6.40. The molecule has 38 heavy (non-hydrogen) atoms. The summed E-state index contributed by atoms with van der Waals surface area (Å²) in [7, 11) is 1.47. The average molecular weight is 549 g/mol. The first kappa shape index (κ1) is 27.4. The van der Waals surface area contributed by atoms with Crippen LogP contribution in [0.3, 0.4) is 0 Å². The summed E-state index contributed by atoms with van der Waals surface area (Å²) < 4.78 is 44.3. The molecule has 202 valence electrons. The van der Waals surface area contributed by atoms with E-state index < -0.39 is 40.7 Å². The minimum Gasteiger partial charge on any atom is -0.357 e. The first-order valence-corrected chi connectivity index (χ1v) is 12.4. The summed E-state index contributed by atoms with van der Waals surface area (Å²) in [5.41, 5.74) is -0.572. The number of benzene rings is 1. The summed E-state index contributed by atoms with van der Waals surface area (Å²) in [6, 6.07) is 5.44. The topological polar surface area (TPSA) is 92.2 Å². The van der Waals surface area contributed by atoms with E-state index in [1.807, 2.05) is 4.90 Å². The molecule has 2 aromatic heterocycles. The van der Waals surface area contributed by atoms with E-state index in [1.54, 1.807) is 43.5 Å². The number of carbonyl (C=O) groups is 2. The van der Waals surface area contributed by atoms with Crippen molar-refractivity contribution < 1.29 is 22.8 Å². The summed E-state index contributed by atoms with van der Waals surface area (Å²) >= 11 is 6.09. The summed E-state index contributed by atoms with van der Waals surface area (Å²) in [4.78, 5) is 36.8.